The number of nitrogens with one attached hydrogen (secondary N) is 1. The molecule has 0 radical (unpaired) electrons. The highest BCUT2D eigenvalue weighted by Gasteiger charge is 2.41. The fraction of sp³-hybridized carbons (Fsp3) is 0.190. The Morgan fingerprint density at radius 2 is 1.61 bits per heavy atom. The lowest BCUT2D eigenvalue weighted by atomic mass is 10.1. The third-order valence-corrected chi connectivity index (χ3v) is 4.67. The van der Waals surface area contributed by atoms with Gasteiger partial charge in [-0.1, -0.05) is 24.3 Å². The lowest BCUT2D eigenvalue weighted by Crippen LogP contribution is -2.20. The minimum atomic E-state index is -5.03. The molecule has 0 spiro atoms. The van der Waals surface area contributed by atoms with Crippen LogP contribution >= 0.6 is 0 Å². The molecule has 33 heavy (non-hydrogen) atoms. The largest absolute Gasteiger partial charge is 0.435 e. The van der Waals surface area contributed by atoms with E-state index in [0.717, 1.165) is 0 Å². The Morgan fingerprint density at radius 3 is 2.15 bits per heavy atom. The number of carbonyl (C=O) groups excluding carboxylic acids is 2. The molecule has 174 valence electrons. The average molecular weight is 470 g/mol. The molecule has 6 nitrogen and oxygen atoms in total. The number of nitrogens with zero attached hydrogens (tertiary/aromatic N) is 2. The highest BCUT2D eigenvalue weighted by Crippen LogP contribution is 2.35. The number of rotatable bonds is 5. The summed E-state index contributed by atoms with van der Waals surface area (Å²) in [5.74, 6) is -1.44. The second-order valence-corrected chi connectivity index (χ2v) is 7.08. The highest BCUT2D eigenvalue weighted by molar-refractivity contribution is 6.12. The van der Waals surface area contributed by atoms with Crippen LogP contribution in [-0.2, 0) is 18.9 Å². The third-order valence-electron chi connectivity index (χ3n) is 4.67. The van der Waals surface area contributed by atoms with Crippen LogP contribution in [0.3, 0.4) is 0 Å². The standard InChI is InChI=1S/C21H16F6N4O2/c1-11-8-12(10-31-17(21(25,26)27)9-16(30-31)20(22,23)24)6-7-15(11)29-19(33)14-5-3-2-4-13(14)18(28)32/h2-9H,10H2,1H3,(H2,28,32)(H,29,33). The van der Waals surface area contributed by atoms with Crippen molar-refractivity contribution in [1.29, 1.82) is 0 Å². The van der Waals surface area contributed by atoms with Crippen molar-refractivity contribution >= 4 is 17.5 Å². The first-order chi connectivity index (χ1) is 15.3. The minimum absolute atomic E-state index is 0.00287. The molecule has 0 bridgehead atoms. The van der Waals surface area contributed by atoms with Crippen molar-refractivity contribution in [2.24, 2.45) is 5.73 Å². The zero-order valence-corrected chi connectivity index (χ0v) is 16.9. The second kappa shape index (κ2) is 8.60. The van der Waals surface area contributed by atoms with Gasteiger partial charge >= 0.3 is 12.4 Å². The number of nitrogens with two attached hydrogens (primary N) is 1. The van der Waals surface area contributed by atoms with Crippen LogP contribution in [-0.4, -0.2) is 21.6 Å². The minimum Gasteiger partial charge on any atom is -0.366 e. The van der Waals surface area contributed by atoms with E-state index in [-0.39, 0.29) is 33.1 Å². The molecule has 0 aliphatic rings. The third kappa shape index (κ3) is 5.33. The number of benzene rings is 2. The Kier molecular flexibility index (Phi) is 6.21. The van der Waals surface area contributed by atoms with Crippen molar-refractivity contribution in [2.45, 2.75) is 25.8 Å². The highest BCUT2D eigenvalue weighted by atomic mass is 19.4. The van der Waals surface area contributed by atoms with Gasteiger partial charge in [0.1, 0.15) is 5.69 Å². The molecule has 0 saturated heterocycles. The zero-order chi connectivity index (χ0) is 24.6. The number of carbonyl (C=O) groups is 2. The summed E-state index contributed by atoms with van der Waals surface area (Å²) in [5.41, 5.74) is 3.05. The van der Waals surface area contributed by atoms with Crippen molar-refractivity contribution in [1.82, 2.24) is 9.78 Å². The van der Waals surface area contributed by atoms with E-state index in [4.69, 9.17) is 5.73 Å². The van der Waals surface area contributed by atoms with Crippen LogP contribution in [0.1, 0.15) is 43.2 Å². The maximum absolute atomic E-state index is 13.2. The van der Waals surface area contributed by atoms with Crippen LogP contribution in [0.25, 0.3) is 0 Å². The Bertz CT molecular complexity index is 1210. The maximum Gasteiger partial charge on any atom is 0.435 e. The smallest absolute Gasteiger partial charge is 0.366 e. The molecular formula is C21H16F6N4O2. The number of aryl methyl sites for hydroxylation is 1. The molecule has 1 aromatic heterocycles. The van der Waals surface area contributed by atoms with E-state index in [9.17, 15) is 35.9 Å². The summed E-state index contributed by atoms with van der Waals surface area (Å²) in [6.45, 7) is 0.971. The lowest BCUT2D eigenvalue weighted by molar-refractivity contribution is -0.144. The summed E-state index contributed by atoms with van der Waals surface area (Å²) in [6, 6.07) is 9.94. The maximum atomic E-state index is 13.2. The van der Waals surface area contributed by atoms with Gasteiger partial charge in [-0.25, -0.2) is 0 Å². The van der Waals surface area contributed by atoms with E-state index in [1.165, 1.54) is 42.5 Å². The van der Waals surface area contributed by atoms with Crippen LogP contribution in [0.2, 0.25) is 0 Å². The van der Waals surface area contributed by atoms with Crippen LogP contribution in [0, 0.1) is 6.92 Å². The fourth-order valence-electron chi connectivity index (χ4n) is 3.13. The molecule has 0 atom stereocenters. The molecular weight excluding hydrogens is 454 g/mol. The van der Waals surface area contributed by atoms with Gasteiger partial charge in [0, 0.05) is 11.8 Å². The SMILES string of the molecule is Cc1cc(Cn2nc(C(F)(F)F)cc2C(F)(F)F)ccc1NC(=O)c1ccccc1C(N)=O. The molecule has 2 amide bonds. The van der Waals surface area contributed by atoms with E-state index in [1.54, 1.807) is 6.92 Å². The number of halogens is 6. The van der Waals surface area contributed by atoms with Gasteiger partial charge in [0.2, 0.25) is 5.91 Å². The fourth-order valence-corrected chi connectivity index (χ4v) is 3.13. The van der Waals surface area contributed by atoms with Crippen LogP contribution < -0.4 is 11.1 Å². The lowest BCUT2D eigenvalue weighted by Gasteiger charge is -2.13. The van der Waals surface area contributed by atoms with Gasteiger partial charge in [-0.3, -0.25) is 14.3 Å². The first kappa shape index (κ1) is 23.8. The molecule has 3 N–H and O–H groups in total. The molecule has 3 rings (SSSR count). The van der Waals surface area contributed by atoms with Gasteiger partial charge in [0.05, 0.1) is 17.7 Å². The molecule has 3 aromatic rings. The number of alkyl halides is 6. The summed E-state index contributed by atoms with van der Waals surface area (Å²) < 4.78 is 78.3. The molecule has 1 heterocycles. The van der Waals surface area contributed by atoms with Crippen molar-refractivity contribution < 1.29 is 35.9 Å². The van der Waals surface area contributed by atoms with E-state index in [2.05, 4.69) is 10.4 Å². The molecule has 0 fully saturated rings. The predicted octanol–water partition coefficient (Wildman–Crippen LogP) is 4.63. The van der Waals surface area contributed by atoms with E-state index in [0.29, 0.717) is 5.56 Å². The number of anilines is 1. The van der Waals surface area contributed by atoms with E-state index < -0.39 is 42.1 Å². The van der Waals surface area contributed by atoms with Gasteiger partial charge in [-0.15, -0.1) is 0 Å². The molecule has 0 aliphatic heterocycles. The molecule has 0 aliphatic carbocycles. The van der Waals surface area contributed by atoms with E-state index in [1.807, 2.05) is 0 Å². The number of hydrogen-bond donors (Lipinski definition) is 2. The Labute approximate surface area is 183 Å². The first-order valence-electron chi connectivity index (χ1n) is 9.29. The topological polar surface area (TPSA) is 90.0 Å². The number of primary amides is 1. The van der Waals surface area contributed by atoms with Gasteiger partial charge < -0.3 is 11.1 Å². The quantitative estimate of drug-likeness (QED) is 0.533. The zero-order valence-electron chi connectivity index (χ0n) is 16.9. The van der Waals surface area contributed by atoms with Crippen molar-refractivity contribution in [2.75, 3.05) is 5.32 Å². The van der Waals surface area contributed by atoms with Gasteiger partial charge in [-0.05, 0) is 36.2 Å². The molecule has 0 saturated carbocycles. The number of amides is 2. The van der Waals surface area contributed by atoms with E-state index >= 15 is 0 Å². The van der Waals surface area contributed by atoms with Crippen molar-refractivity contribution in [3.8, 4) is 0 Å². The summed E-state index contributed by atoms with van der Waals surface area (Å²) in [7, 11) is 0. The average Bonchev–Trinajstić information content (AvgIpc) is 3.15. The van der Waals surface area contributed by atoms with Gasteiger partial charge in [-0.2, -0.15) is 31.4 Å². The molecule has 2 aromatic carbocycles. The van der Waals surface area contributed by atoms with Crippen molar-refractivity contribution in [3.05, 3.63) is 82.2 Å². The molecule has 12 heteroatoms. The monoisotopic (exact) mass is 470 g/mol. The number of aromatic nitrogens is 2. The Hall–Kier alpha value is -3.83. The van der Waals surface area contributed by atoms with Crippen LogP contribution in [0.15, 0.2) is 48.5 Å². The van der Waals surface area contributed by atoms with Crippen molar-refractivity contribution in [3.63, 3.8) is 0 Å². The van der Waals surface area contributed by atoms with Gasteiger partial charge in [0.25, 0.3) is 5.91 Å². The second-order valence-electron chi connectivity index (χ2n) is 7.08. The Morgan fingerprint density at radius 1 is 0.970 bits per heavy atom. The van der Waals surface area contributed by atoms with Gasteiger partial charge in [0.15, 0.2) is 5.69 Å². The van der Waals surface area contributed by atoms with Crippen LogP contribution in [0.4, 0.5) is 32.0 Å². The predicted molar refractivity (Wildman–Crippen MR) is 105 cm³/mol. The summed E-state index contributed by atoms with van der Waals surface area (Å²) in [6.07, 6.45) is -10.1. The summed E-state index contributed by atoms with van der Waals surface area (Å²) in [5, 5.41) is 5.64. The summed E-state index contributed by atoms with van der Waals surface area (Å²) in [4.78, 5) is 24.1. The molecule has 0 unspecified atom stereocenters. The summed E-state index contributed by atoms with van der Waals surface area (Å²) >= 11 is 0. The Balaban J connectivity index is 1.86. The number of hydrogen-bond acceptors (Lipinski definition) is 3. The normalized spacial score (nSPS) is 12.0. The van der Waals surface area contributed by atoms with Crippen LogP contribution in [0.5, 0.6) is 0 Å². The first-order valence-corrected chi connectivity index (χ1v) is 9.29.